The fourth-order valence-electron chi connectivity index (χ4n) is 4.58. The van der Waals surface area contributed by atoms with Crippen molar-refractivity contribution in [1.82, 2.24) is 19.5 Å². The number of ether oxygens (including phenoxy) is 3. The van der Waals surface area contributed by atoms with Crippen molar-refractivity contribution in [1.29, 1.82) is 0 Å². The first kappa shape index (κ1) is 33.1. The fraction of sp³-hybridized carbons (Fsp3) is 0.345. The molecule has 1 N–H and O–H groups in total. The minimum absolute atomic E-state index is 0.00829. The van der Waals surface area contributed by atoms with Crippen LogP contribution < -0.4 is 19.5 Å². The largest absolute Gasteiger partial charge is 0.491 e. The van der Waals surface area contributed by atoms with Crippen molar-refractivity contribution in [3.8, 4) is 28.6 Å². The van der Waals surface area contributed by atoms with E-state index in [0.29, 0.717) is 40.7 Å². The maximum atomic E-state index is 13.6. The van der Waals surface area contributed by atoms with Crippen LogP contribution in [0.25, 0.3) is 11.4 Å². The van der Waals surface area contributed by atoms with Crippen LogP contribution in [0, 0.1) is 0 Å². The maximum absolute atomic E-state index is 13.6. The highest BCUT2D eigenvalue weighted by molar-refractivity contribution is 9.10. The van der Waals surface area contributed by atoms with Crippen molar-refractivity contribution >= 4 is 56.9 Å². The quantitative estimate of drug-likeness (QED) is 0.140. The monoisotopic (exact) mass is 695 g/mol. The summed E-state index contributed by atoms with van der Waals surface area (Å²) in [5.41, 5.74) is 0.843. The first-order valence-corrected chi connectivity index (χ1v) is 15.0. The number of alkyl halides is 3. The molecule has 1 aliphatic carbocycles. The molecule has 1 unspecified atom stereocenters. The van der Waals surface area contributed by atoms with E-state index in [0.717, 1.165) is 21.9 Å². The number of anilines is 1. The van der Waals surface area contributed by atoms with E-state index in [1.54, 1.807) is 12.1 Å². The Kier molecular flexibility index (Phi) is 9.69. The lowest BCUT2D eigenvalue weighted by atomic mass is 9.49. The topological polar surface area (TPSA) is 83.3 Å². The van der Waals surface area contributed by atoms with Crippen LogP contribution in [-0.4, -0.2) is 62.9 Å². The van der Waals surface area contributed by atoms with Gasteiger partial charge in [-0.1, -0.05) is 29.5 Å². The lowest BCUT2D eigenvalue weighted by molar-refractivity contribution is -0.140. The van der Waals surface area contributed by atoms with Crippen LogP contribution in [0.4, 0.5) is 19.0 Å². The molecule has 1 saturated carbocycles. The van der Waals surface area contributed by atoms with Crippen LogP contribution in [0.5, 0.6) is 17.2 Å². The molecule has 2 heterocycles. The Labute approximate surface area is 275 Å². The molecule has 0 bridgehead atoms. The second-order valence-corrected chi connectivity index (χ2v) is 11.7. The minimum Gasteiger partial charge on any atom is -0.491 e. The zero-order valence-corrected chi connectivity index (χ0v) is 26.6. The van der Waals surface area contributed by atoms with Gasteiger partial charge in [-0.25, -0.2) is 9.97 Å². The Balaban J connectivity index is 1.45. The van der Waals surface area contributed by atoms with Gasteiger partial charge in [0.15, 0.2) is 17.3 Å². The molecule has 1 aliphatic rings. The first-order valence-electron chi connectivity index (χ1n) is 13.8. The predicted molar refractivity (Wildman–Crippen MR) is 171 cm³/mol. The van der Waals surface area contributed by atoms with Gasteiger partial charge in [-0.05, 0) is 70.9 Å². The molecule has 0 amide bonds. The molecular weight excluding hydrogens is 671 g/mol. The Morgan fingerprint density at radius 3 is 2.53 bits per heavy atom. The molecule has 228 valence electrons. The van der Waals surface area contributed by atoms with E-state index in [1.165, 1.54) is 24.9 Å². The molecule has 8 nitrogen and oxygen atoms in total. The highest BCUT2D eigenvalue weighted by Gasteiger charge is 2.36. The van der Waals surface area contributed by atoms with Crippen molar-refractivity contribution in [2.75, 3.05) is 19.0 Å². The lowest BCUT2D eigenvalue weighted by Gasteiger charge is -2.25. The predicted octanol–water partition coefficient (Wildman–Crippen LogP) is 6.19. The number of aromatic nitrogens is 4. The van der Waals surface area contributed by atoms with Gasteiger partial charge in [0.25, 0.3) is 0 Å². The van der Waals surface area contributed by atoms with E-state index in [1.807, 2.05) is 19.1 Å². The third-order valence-electron chi connectivity index (χ3n) is 6.94. The van der Waals surface area contributed by atoms with E-state index in [2.05, 4.69) is 42.3 Å². The summed E-state index contributed by atoms with van der Waals surface area (Å²) in [6.45, 7) is 2.14. The summed E-state index contributed by atoms with van der Waals surface area (Å²) in [5, 5.41) is 0.975. The lowest BCUT2D eigenvalue weighted by Crippen LogP contribution is -2.35. The van der Waals surface area contributed by atoms with E-state index in [9.17, 15) is 13.2 Å². The summed E-state index contributed by atoms with van der Waals surface area (Å²) in [4.78, 5) is 11.8. The number of hydrogen-bond acceptors (Lipinski definition) is 7. The van der Waals surface area contributed by atoms with E-state index in [-0.39, 0.29) is 29.8 Å². The molecule has 1 fully saturated rings. The molecule has 5 rings (SSSR count). The van der Waals surface area contributed by atoms with Crippen molar-refractivity contribution in [2.45, 2.75) is 49.7 Å². The molecule has 0 aliphatic heterocycles. The SMILES string of the molecule is [B]C([B])([B])n1cc(C(F)(F)F)nc1-c1ccc(CNc2nc(Cl)ncc2OC)c(OC(C)COc2cccc(C3CC3)c2Br)c1. The van der Waals surface area contributed by atoms with Crippen molar-refractivity contribution < 1.29 is 27.4 Å². The second-order valence-electron chi connectivity index (χ2n) is 10.6. The van der Waals surface area contributed by atoms with Gasteiger partial charge in [-0.3, -0.25) is 0 Å². The standard InChI is InChI=1S/C29H25B3BrClF3N5O3/c1-15(14-44-20-5-3-4-19(24(20)33)16-6-7-16)45-21-10-17(26-40-23(28(35,36)37)13-42(26)29(30,31)32)8-9-18(21)11-38-25-22(43-2)12-39-27(34)41-25/h3-5,8-10,12-13,15-16H,6-7,11,14H2,1-2H3,(H,38,39,41). The smallest absolute Gasteiger partial charge is 0.434 e. The van der Waals surface area contributed by atoms with Crippen molar-refractivity contribution in [3.05, 3.63) is 75.4 Å². The number of benzene rings is 2. The molecule has 1 atom stereocenters. The van der Waals surface area contributed by atoms with Gasteiger partial charge < -0.3 is 24.1 Å². The minimum atomic E-state index is -4.76. The van der Waals surface area contributed by atoms with Gasteiger partial charge in [0.2, 0.25) is 5.28 Å². The molecule has 0 spiro atoms. The average molecular weight is 696 g/mol. The number of halogens is 5. The van der Waals surface area contributed by atoms with Crippen LogP contribution in [0.2, 0.25) is 5.28 Å². The summed E-state index contributed by atoms with van der Waals surface area (Å²) in [7, 11) is 18.9. The summed E-state index contributed by atoms with van der Waals surface area (Å²) in [6, 6.07) is 10.6. The average Bonchev–Trinajstić information content (AvgIpc) is 3.70. The van der Waals surface area contributed by atoms with Gasteiger partial charge in [0.05, 0.1) is 41.3 Å². The zero-order valence-electron chi connectivity index (χ0n) is 24.2. The van der Waals surface area contributed by atoms with E-state index in [4.69, 9.17) is 49.4 Å². The van der Waals surface area contributed by atoms with Crippen LogP contribution in [0.3, 0.4) is 0 Å². The van der Waals surface area contributed by atoms with Gasteiger partial charge in [-0.2, -0.15) is 18.2 Å². The third kappa shape index (κ3) is 7.92. The number of nitrogens with zero attached hydrogens (tertiary/aromatic N) is 4. The molecule has 0 saturated heterocycles. The second kappa shape index (κ2) is 13.2. The van der Waals surface area contributed by atoms with Gasteiger partial charge >= 0.3 is 6.18 Å². The fourth-order valence-corrected chi connectivity index (χ4v) is 5.41. The molecule has 16 heteroatoms. The summed E-state index contributed by atoms with van der Waals surface area (Å²) >= 11 is 9.64. The number of nitrogens with one attached hydrogen (secondary N) is 1. The Morgan fingerprint density at radius 2 is 1.87 bits per heavy atom. The molecule has 2 aromatic heterocycles. The van der Waals surface area contributed by atoms with Gasteiger partial charge in [0, 0.05) is 23.9 Å². The number of methoxy groups -OCH3 is 1. The normalized spacial score (nSPS) is 14.2. The maximum Gasteiger partial charge on any atom is 0.434 e. The molecule has 45 heavy (non-hydrogen) atoms. The van der Waals surface area contributed by atoms with Crippen LogP contribution >= 0.6 is 27.5 Å². The molecule has 2 aromatic carbocycles. The summed E-state index contributed by atoms with van der Waals surface area (Å²) < 4.78 is 60.3. The zero-order chi connectivity index (χ0) is 32.5. The van der Waals surface area contributed by atoms with Crippen molar-refractivity contribution in [2.24, 2.45) is 0 Å². The molecule has 4 aromatic rings. The number of hydrogen-bond donors (Lipinski definition) is 1. The summed E-state index contributed by atoms with van der Waals surface area (Å²) in [5.74, 6) is 2.01. The van der Waals surface area contributed by atoms with E-state index >= 15 is 0 Å². The highest BCUT2D eigenvalue weighted by atomic mass is 79.9. The third-order valence-corrected chi connectivity index (χ3v) is 7.97. The Morgan fingerprint density at radius 1 is 1.11 bits per heavy atom. The Hall–Kier alpha value is -3.32. The first-order chi connectivity index (χ1) is 21.2. The highest BCUT2D eigenvalue weighted by Crippen LogP contribution is 2.45. The molecular formula is C29H25B3BrClF3N5O3. The Bertz CT molecular complexity index is 1690. The van der Waals surface area contributed by atoms with Crippen molar-refractivity contribution in [3.63, 3.8) is 0 Å². The van der Waals surface area contributed by atoms with Gasteiger partial charge in [-0.15, -0.1) is 0 Å². The summed E-state index contributed by atoms with van der Waals surface area (Å²) in [6.07, 6.45) is -0.885. The van der Waals surface area contributed by atoms with Crippen LogP contribution in [0.15, 0.2) is 53.3 Å². The van der Waals surface area contributed by atoms with Gasteiger partial charge in [0.1, 0.15) is 30.0 Å². The van der Waals surface area contributed by atoms with Crippen LogP contribution in [-0.2, 0) is 18.0 Å². The van der Waals surface area contributed by atoms with Crippen LogP contribution in [0.1, 0.15) is 42.5 Å². The number of imidazole rings is 1. The molecule has 6 radical (unpaired) electrons. The van der Waals surface area contributed by atoms with E-state index < -0.39 is 23.2 Å². The number of rotatable bonds is 12.